The highest BCUT2D eigenvalue weighted by atomic mass is 16.4. The summed E-state index contributed by atoms with van der Waals surface area (Å²) in [7, 11) is 0. The van der Waals surface area contributed by atoms with E-state index in [0.717, 1.165) is 17.5 Å². The molecule has 0 spiro atoms. The maximum absolute atomic E-state index is 12.6. The van der Waals surface area contributed by atoms with E-state index in [4.69, 9.17) is 5.11 Å². The van der Waals surface area contributed by atoms with Crippen molar-refractivity contribution in [2.24, 2.45) is 0 Å². The quantitative estimate of drug-likeness (QED) is 0.809. The Hall–Kier alpha value is -2.66. The molecule has 3 N–H and O–H groups in total. The topological polar surface area (TPSA) is 86.6 Å². The molecule has 0 unspecified atom stereocenters. The highest BCUT2D eigenvalue weighted by Gasteiger charge is 2.29. The van der Waals surface area contributed by atoms with Crippen molar-refractivity contribution in [2.45, 2.75) is 31.9 Å². The number of carbonyl (C=O) groups is 2. The summed E-state index contributed by atoms with van der Waals surface area (Å²) >= 11 is 0. The number of carboxylic acid groups (broad SMARTS) is 1. The summed E-state index contributed by atoms with van der Waals surface area (Å²) in [5, 5.41) is 22.2. The van der Waals surface area contributed by atoms with E-state index in [-0.39, 0.29) is 11.5 Å². The van der Waals surface area contributed by atoms with E-state index in [2.05, 4.69) is 5.32 Å². The third-order valence-corrected chi connectivity index (χ3v) is 4.49. The molecule has 24 heavy (non-hydrogen) atoms. The van der Waals surface area contributed by atoms with Crippen LogP contribution in [0, 0.1) is 6.92 Å². The molecular formula is C19H19NO4. The van der Waals surface area contributed by atoms with Gasteiger partial charge in [-0.1, -0.05) is 24.3 Å². The molecule has 1 aliphatic rings. The molecule has 0 bridgehead atoms. The smallest absolute Gasteiger partial charge is 0.335 e. The summed E-state index contributed by atoms with van der Waals surface area (Å²) in [6.45, 7) is 1.70. The first-order valence-corrected chi connectivity index (χ1v) is 7.88. The minimum absolute atomic E-state index is 0.145. The predicted molar refractivity (Wildman–Crippen MR) is 89.1 cm³/mol. The zero-order chi connectivity index (χ0) is 17.3. The third kappa shape index (κ3) is 3.03. The van der Waals surface area contributed by atoms with Crippen LogP contribution in [0.1, 0.15) is 49.9 Å². The molecule has 0 saturated carbocycles. The van der Waals surface area contributed by atoms with Gasteiger partial charge < -0.3 is 15.5 Å². The molecule has 0 fully saturated rings. The van der Waals surface area contributed by atoms with Crippen LogP contribution in [-0.2, 0) is 6.42 Å². The average molecular weight is 325 g/mol. The second kappa shape index (κ2) is 6.45. The van der Waals surface area contributed by atoms with Crippen LogP contribution in [0.3, 0.4) is 0 Å². The number of rotatable bonds is 3. The van der Waals surface area contributed by atoms with E-state index in [9.17, 15) is 14.7 Å². The third-order valence-electron chi connectivity index (χ3n) is 4.49. The second-order valence-corrected chi connectivity index (χ2v) is 6.09. The van der Waals surface area contributed by atoms with Crippen molar-refractivity contribution < 1.29 is 19.8 Å². The lowest BCUT2D eigenvalue weighted by Crippen LogP contribution is -2.39. The van der Waals surface area contributed by atoms with Crippen LogP contribution < -0.4 is 5.32 Å². The van der Waals surface area contributed by atoms with Gasteiger partial charge in [0.05, 0.1) is 17.7 Å². The van der Waals surface area contributed by atoms with Crippen molar-refractivity contribution in [1.82, 2.24) is 5.32 Å². The maximum Gasteiger partial charge on any atom is 0.335 e. The van der Waals surface area contributed by atoms with E-state index in [1.54, 1.807) is 6.92 Å². The van der Waals surface area contributed by atoms with Gasteiger partial charge in [-0.3, -0.25) is 4.79 Å². The fourth-order valence-corrected chi connectivity index (χ4v) is 3.19. The molecule has 2 aromatic carbocycles. The van der Waals surface area contributed by atoms with E-state index in [1.807, 2.05) is 24.3 Å². The normalized spacial score (nSPS) is 19.4. The summed E-state index contributed by atoms with van der Waals surface area (Å²) < 4.78 is 0. The fourth-order valence-electron chi connectivity index (χ4n) is 3.19. The average Bonchev–Trinajstić information content (AvgIpc) is 2.57. The van der Waals surface area contributed by atoms with Gasteiger partial charge in [-0.15, -0.1) is 0 Å². The Bertz CT molecular complexity index is 800. The molecule has 2 aromatic rings. The van der Waals surface area contributed by atoms with E-state index < -0.39 is 18.1 Å². The molecule has 0 aliphatic heterocycles. The van der Waals surface area contributed by atoms with Crippen molar-refractivity contribution in [3.05, 3.63) is 70.3 Å². The molecule has 0 heterocycles. The Morgan fingerprint density at radius 1 is 1.17 bits per heavy atom. The standard InChI is InChI=1S/C19H19NO4/c1-11-10-13(19(23)24)6-8-14(11)18(22)20-17-15-5-3-2-4-12(15)7-9-16(17)21/h2-6,8,10,16-17,21H,7,9H2,1H3,(H,20,22)(H,23,24)/t16-,17+/m1/s1. The van der Waals surface area contributed by atoms with Crippen molar-refractivity contribution >= 4 is 11.9 Å². The molecule has 0 radical (unpaired) electrons. The first-order valence-electron chi connectivity index (χ1n) is 7.88. The van der Waals surface area contributed by atoms with Crippen LogP contribution in [0.25, 0.3) is 0 Å². The Kier molecular flexibility index (Phi) is 4.36. The van der Waals surface area contributed by atoms with Crippen molar-refractivity contribution in [3.8, 4) is 0 Å². The molecular weight excluding hydrogens is 306 g/mol. The molecule has 3 rings (SSSR count). The van der Waals surface area contributed by atoms with Gasteiger partial charge in [0, 0.05) is 5.56 Å². The minimum Gasteiger partial charge on any atom is -0.478 e. The SMILES string of the molecule is Cc1cc(C(=O)O)ccc1C(=O)N[C@H]1c2ccccc2CC[C@H]1O. The van der Waals surface area contributed by atoms with Gasteiger partial charge in [0.1, 0.15) is 0 Å². The molecule has 5 nitrogen and oxygen atoms in total. The second-order valence-electron chi connectivity index (χ2n) is 6.09. The molecule has 0 saturated heterocycles. The zero-order valence-electron chi connectivity index (χ0n) is 13.3. The number of amides is 1. The predicted octanol–water partition coefficient (Wildman–Crippen LogP) is 2.47. The molecule has 2 atom stereocenters. The van der Waals surface area contributed by atoms with Crippen LogP contribution in [0.2, 0.25) is 0 Å². The van der Waals surface area contributed by atoms with Crippen LogP contribution in [-0.4, -0.2) is 28.2 Å². The van der Waals surface area contributed by atoms with Crippen LogP contribution in [0.5, 0.6) is 0 Å². The molecule has 1 amide bonds. The van der Waals surface area contributed by atoms with Gasteiger partial charge in [0.2, 0.25) is 0 Å². The van der Waals surface area contributed by atoms with Crippen LogP contribution in [0.4, 0.5) is 0 Å². The molecule has 1 aliphatic carbocycles. The minimum atomic E-state index is -1.03. The Morgan fingerprint density at radius 2 is 1.92 bits per heavy atom. The number of aromatic carboxylic acids is 1. The lowest BCUT2D eigenvalue weighted by Gasteiger charge is -2.31. The summed E-state index contributed by atoms with van der Waals surface area (Å²) in [5.41, 5.74) is 3.21. The highest BCUT2D eigenvalue weighted by molar-refractivity contribution is 5.97. The summed E-state index contributed by atoms with van der Waals surface area (Å²) in [4.78, 5) is 23.6. The molecule has 5 heteroatoms. The van der Waals surface area contributed by atoms with Crippen molar-refractivity contribution in [2.75, 3.05) is 0 Å². The van der Waals surface area contributed by atoms with Crippen LogP contribution in [0.15, 0.2) is 42.5 Å². The zero-order valence-corrected chi connectivity index (χ0v) is 13.3. The van der Waals surface area contributed by atoms with Gasteiger partial charge in [-0.05, 0) is 54.7 Å². The van der Waals surface area contributed by atoms with E-state index >= 15 is 0 Å². The number of hydrogen-bond acceptors (Lipinski definition) is 3. The summed E-state index contributed by atoms with van der Waals surface area (Å²) in [5.74, 6) is -1.34. The number of aliphatic hydroxyl groups excluding tert-OH is 1. The van der Waals surface area contributed by atoms with Gasteiger partial charge in [0.25, 0.3) is 5.91 Å². The maximum atomic E-state index is 12.6. The highest BCUT2D eigenvalue weighted by Crippen LogP contribution is 2.30. The van der Waals surface area contributed by atoms with Crippen LogP contribution >= 0.6 is 0 Å². The number of nitrogens with one attached hydrogen (secondary N) is 1. The summed E-state index contributed by atoms with van der Waals surface area (Å²) in [6, 6.07) is 11.7. The van der Waals surface area contributed by atoms with E-state index in [0.29, 0.717) is 17.5 Å². The Balaban J connectivity index is 1.86. The Morgan fingerprint density at radius 3 is 2.62 bits per heavy atom. The number of carboxylic acids is 1. The summed E-state index contributed by atoms with van der Waals surface area (Å²) in [6.07, 6.45) is 0.747. The number of aliphatic hydroxyl groups is 1. The van der Waals surface area contributed by atoms with Gasteiger partial charge in [-0.25, -0.2) is 4.79 Å². The lowest BCUT2D eigenvalue weighted by atomic mass is 9.85. The first kappa shape index (κ1) is 16.2. The number of aryl methyl sites for hydroxylation is 2. The largest absolute Gasteiger partial charge is 0.478 e. The van der Waals surface area contributed by atoms with Gasteiger partial charge >= 0.3 is 5.97 Å². The number of hydrogen-bond donors (Lipinski definition) is 3. The first-order chi connectivity index (χ1) is 11.5. The van der Waals surface area contributed by atoms with Crippen molar-refractivity contribution in [3.63, 3.8) is 0 Å². The number of benzene rings is 2. The molecule has 124 valence electrons. The van der Waals surface area contributed by atoms with Crippen molar-refractivity contribution in [1.29, 1.82) is 0 Å². The Labute approximate surface area is 139 Å². The van der Waals surface area contributed by atoms with Gasteiger partial charge in [0.15, 0.2) is 0 Å². The monoisotopic (exact) mass is 325 g/mol. The fraction of sp³-hybridized carbons (Fsp3) is 0.263. The lowest BCUT2D eigenvalue weighted by molar-refractivity contribution is 0.0695. The molecule has 0 aromatic heterocycles. The number of fused-ring (bicyclic) bond motifs is 1. The van der Waals surface area contributed by atoms with E-state index in [1.165, 1.54) is 18.2 Å². The van der Waals surface area contributed by atoms with Gasteiger partial charge in [-0.2, -0.15) is 0 Å². The number of carbonyl (C=O) groups excluding carboxylic acids is 1.